The normalized spacial score (nSPS) is 10.3. The Labute approximate surface area is 103 Å². The van der Waals surface area contributed by atoms with Crippen molar-refractivity contribution in [2.24, 2.45) is 0 Å². The van der Waals surface area contributed by atoms with Crippen LogP contribution >= 0.6 is 22.9 Å². The predicted molar refractivity (Wildman–Crippen MR) is 70.2 cm³/mol. The molecular weight excluding hydrogens is 242 g/mol. The van der Waals surface area contributed by atoms with Gasteiger partial charge in [0.15, 0.2) is 5.82 Å². The van der Waals surface area contributed by atoms with Crippen LogP contribution in [0.5, 0.6) is 0 Å². The topological polar surface area (TPSA) is 50.9 Å². The highest BCUT2D eigenvalue weighted by atomic mass is 35.5. The quantitative estimate of drug-likeness (QED) is 0.824. The van der Waals surface area contributed by atoms with Crippen molar-refractivity contribution in [1.82, 2.24) is 4.98 Å². The molecule has 2 rings (SSSR count). The second kappa shape index (κ2) is 5.18. The first-order chi connectivity index (χ1) is 7.75. The summed E-state index contributed by atoms with van der Waals surface area (Å²) < 4.78 is 0. The monoisotopic (exact) mass is 253 g/mol. The zero-order chi connectivity index (χ0) is 11.4. The van der Waals surface area contributed by atoms with E-state index in [-0.39, 0.29) is 0 Å². The molecule has 5 heteroatoms. The van der Waals surface area contributed by atoms with E-state index in [1.54, 1.807) is 23.5 Å². The minimum atomic E-state index is 0.452. The van der Waals surface area contributed by atoms with E-state index in [0.717, 1.165) is 13.0 Å². The SMILES string of the molecule is Nc1ccc(Cl)nc1NCCc1cccs1. The van der Waals surface area contributed by atoms with Crippen LogP contribution in [-0.4, -0.2) is 11.5 Å². The maximum atomic E-state index is 5.79. The maximum absolute atomic E-state index is 5.79. The molecule has 0 radical (unpaired) electrons. The number of anilines is 2. The first kappa shape index (κ1) is 11.2. The summed E-state index contributed by atoms with van der Waals surface area (Å²) in [4.78, 5) is 5.47. The van der Waals surface area contributed by atoms with Gasteiger partial charge in [0.2, 0.25) is 0 Å². The van der Waals surface area contributed by atoms with Gasteiger partial charge in [-0.3, -0.25) is 0 Å². The Balaban J connectivity index is 1.92. The van der Waals surface area contributed by atoms with Gasteiger partial charge in [-0.05, 0) is 30.0 Å². The van der Waals surface area contributed by atoms with Crippen molar-refractivity contribution in [3.05, 3.63) is 39.7 Å². The molecule has 0 amide bonds. The number of hydrogen-bond donors (Lipinski definition) is 2. The molecular formula is C11H12ClN3S. The van der Waals surface area contributed by atoms with E-state index in [4.69, 9.17) is 17.3 Å². The Hall–Kier alpha value is -1.26. The summed E-state index contributed by atoms with van der Waals surface area (Å²) in [6.45, 7) is 0.804. The largest absolute Gasteiger partial charge is 0.396 e. The Morgan fingerprint density at radius 1 is 1.38 bits per heavy atom. The molecule has 0 atom stereocenters. The standard InChI is InChI=1S/C11H12ClN3S/c12-10-4-3-9(13)11(15-10)14-6-5-8-2-1-7-16-8/h1-4,7H,5-6,13H2,(H,14,15). The van der Waals surface area contributed by atoms with Gasteiger partial charge in [-0.15, -0.1) is 11.3 Å². The van der Waals surface area contributed by atoms with Gasteiger partial charge in [0.05, 0.1) is 5.69 Å². The highest BCUT2D eigenvalue weighted by Crippen LogP contribution is 2.18. The third kappa shape index (κ3) is 2.87. The minimum absolute atomic E-state index is 0.452. The minimum Gasteiger partial charge on any atom is -0.396 e. The number of pyridine rings is 1. The summed E-state index contributed by atoms with van der Waals surface area (Å²) in [6, 6.07) is 7.59. The molecule has 0 aromatic carbocycles. The van der Waals surface area contributed by atoms with Gasteiger partial charge in [0, 0.05) is 11.4 Å². The Bertz CT molecular complexity index is 456. The number of nitrogens with one attached hydrogen (secondary N) is 1. The molecule has 84 valence electrons. The number of nitrogen functional groups attached to an aromatic ring is 1. The molecule has 0 saturated heterocycles. The third-order valence-electron chi connectivity index (χ3n) is 2.14. The lowest BCUT2D eigenvalue weighted by molar-refractivity contribution is 1.03. The second-order valence-electron chi connectivity index (χ2n) is 3.33. The van der Waals surface area contributed by atoms with Gasteiger partial charge in [0.1, 0.15) is 5.15 Å². The van der Waals surface area contributed by atoms with Crippen LogP contribution in [0, 0.1) is 0 Å². The van der Waals surface area contributed by atoms with E-state index in [9.17, 15) is 0 Å². The summed E-state index contributed by atoms with van der Waals surface area (Å²) in [6.07, 6.45) is 0.964. The fraction of sp³-hybridized carbons (Fsp3) is 0.182. The Kier molecular flexibility index (Phi) is 3.64. The molecule has 0 bridgehead atoms. The van der Waals surface area contributed by atoms with Gasteiger partial charge >= 0.3 is 0 Å². The molecule has 16 heavy (non-hydrogen) atoms. The Morgan fingerprint density at radius 2 is 2.25 bits per heavy atom. The number of nitrogens with zero attached hydrogens (tertiary/aromatic N) is 1. The van der Waals surface area contributed by atoms with Gasteiger partial charge in [-0.2, -0.15) is 0 Å². The third-order valence-corrected chi connectivity index (χ3v) is 3.28. The van der Waals surface area contributed by atoms with Gasteiger partial charge in [-0.1, -0.05) is 17.7 Å². The van der Waals surface area contributed by atoms with E-state index in [1.165, 1.54) is 4.88 Å². The summed E-state index contributed by atoms with van der Waals surface area (Å²) in [7, 11) is 0. The number of hydrogen-bond acceptors (Lipinski definition) is 4. The number of thiophene rings is 1. The van der Waals surface area contributed by atoms with Gasteiger partial charge in [-0.25, -0.2) is 4.98 Å². The van der Waals surface area contributed by atoms with Crippen molar-refractivity contribution >= 4 is 34.4 Å². The van der Waals surface area contributed by atoms with Crippen molar-refractivity contribution < 1.29 is 0 Å². The molecule has 0 fully saturated rings. The molecule has 0 saturated carbocycles. The van der Waals surface area contributed by atoms with E-state index < -0.39 is 0 Å². The number of nitrogens with two attached hydrogens (primary N) is 1. The first-order valence-corrected chi connectivity index (χ1v) is 6.20. The molecule has 3 nitrogen and oxygen atoms in total. The zero-order valence-electron chi connectivity index (χ0n) is 8.61. The van der Waals surface area contributed by atoms with Gasteiger partial charge in [0.25, 0.3) is 0 Å². The van der Waals surface area contributed by atoms with Crippen LogP contribution < -0.4 is 11.1 Å². The fourth-order valence-electron chi connectivity index (χ4n) is 1.35. The second-order valence-corrected chi connectivity index (χ2v) is 4.75. The maximum Gasteiger partial charge on any atom is 0.150 e. The number of rotatable bonds is 4. The van der Waals surface area contributed by atoms with Crippen LogP contribution in [0.2, 0.25) is 5.15 Å². The van der Waals surface area contributed by atoms with Crippen LogP contribution in [0.3, 0.4) is 0 Å². The van der Waals surface area contributed by atoms with E-state index in [0.29, 0.717) is 16.7 Å². The molecule has 0 aliphatic rings. The summed E-state index contributed by atoms with van der Waals surface area (Å²) in [5.41, 5.74) is 6.39. The van der Waals surface area contributed by atoms with E-state index in [1.807, 2.05) is 6.07 Å². The average Bonchev–Trinajstić information content (AvgIpc) is 2.76. The van der Waals surface area contributed by atoms with Crippen LogP contribution in [0.4, 0.5) is 11.5 Å². The van der Waals surface area contributed by atoms with Crippen LogP contribution in [0.25, 0.3) is 0 Å². The fourth-order valence-corrected chi connectivity index (χ4v) is 2.20. The predicted octanol–water partition coefficient (Wildman–Crippen LogP) is 3.03. The first-order valence-electron chi connectivity index (χ1n) is 4.94. The van der Waals surface area contributed by atoms with E-state index in [2.05, 4.69) is 21.7 Å². The van der Waals surface area contributed by atoms with E-state index >= 15 is 0 Å². The van der Waals surface area contributed by atoms with Crippen LogP contribution in [0.1, 0.15) is 4.88 Å². The lowest BCUT2D eigenvalue weighted by Gasteiger charge is -2.07. The molecule has 0 unspecified atom stereocenters. The lowest BCUT2D eigenvalue weighted by Crippen LogP contribution is -2.07. The highest BCUT2D eigenvalue weighted by Gasteiger charge is 2.01. The molecule has 0 aliphatic heterocycles. The van der Waals surface area contributed by atoms with Crippen LogP contribution in [-0.2, 0) is 6.42 Å². The average molecular weight is 254 g/mol. The van der Waals surface area contributed by atoms with Crippen molar-refractivity contribution in [2.45, 2.75) is 6.42 Å². The Morgan fingerprint density at radius 3 is 3.00 bits per heavy atom. The molecule has 3 N–H and O–H groups in total. The van der Waals surface area contributed by atoms with Crippen molar-refractivity contribution in [3.8, 4) is 0 Å². The molecule has 2 aromatic heterocycles. The lowest BCUT2D eigenvalue weighted by atomic mass is 10.3. The summed E-state index contributed by atoms with van der Waals surface area (Å²) in [5, 5.41) is 5.70. The van der Waals surface area contributed by atoms with Crippen LogP contribution in [0.15, 0.2) is 29.6 Å². The summed E-state index contributed by atoms with van der Waals surface area (Å²) in [5.74, 6) is 0.657. The van der Waals surface area contributed by atoms with Crippen molar-refractivity contribution in [1.29, 1.82) is 0 Å². The molecule has 2 heterocycles. The van der Waals surface area contributed by atoms with Crippen molar-refractivity contribution in [2.75, 3.05) is 17.6 Å². The molecule has 0 spiro atoms. The summed E-state index contributed by atoms with van der Waals surface area (Å²) >= 11 is 7.54. The zero-order valence-corrected chi connectivity index (χ0v) is 10.2. The number of halogens is 1. The molecule has 2 aromatic rings. The molecule has 0 aliphatic carbocycles. The van der Waals surface area contributed by atoms with Crippen molar-refractivity contribution in [3.63, 3.8) is 0 Å². The van der Waals surface area contributed by atoms with Gasteiger partial charge < -0.3 is 11.1 Å². The highest BCUT2D eigenvalue weighted by molar-refractivity contribution is 7.09. The number of aromatic nitrogens is 1. The smallest absolute Gasteiger partial charge is 0.150 e.